The Kier molecular flexibility index (Phi) is 8.04. The molecule has 1 rings (SSSR count). The highest BCUT2D eigenvalue weighted by atomic mass is 16.6. The molecule has 1 aliphatic heterocycles. The molecule has 2 atom stereocenters. The van der Waals surface area contributed by atoms with Gasteiger partial charge in [-0.25, -0.2) is 4.79 Å². The Morgan fingerprint density at radius 2 is 2.14 bits per heavy atom. The van der Waals surface area contributed by atoms with E-state index >= 15 is 0 Å². The van der Waals surface area contributed by atoms with E-state index in [0.29, 0.717) is 18.6 Å². The summed E-state index contributed by atoms with van der Waals surface area (Å²) in [4.78, 5) is 11.7. The number of hydrogen-bond acceptors (Lipinski definition) is 4. The van der Waals surface area contributed by atoms with Crippen LogP contribution in [0, 0.1) is 0 Å². The third-order valence-corrected chi connectivity index (χ3v) is 3.59. The summed E-state index contributed by atoms with van der Waals surface area (Å²) in [6.45, 7) is 10.5. The zero-order valence-electron chi connectivity index (χ0n) is 14.1. The Labute approximate surface area is 129 Å². The second kappa shape index (κ2) is 9.26. The van der Waals surface area contributed by atoms with E-state index in [0.717, 1.165) is 25.9 Å². The van der Waals surface area contributed by atoms with E-state index in [2.05, 4.69) is 22.9 Å². The average Bonchev–Trinajstić information content (AvgIpc) is 2.41. The molecule has 1 saturated heterocycles. The van der Waals surface area contributed by atoms with Crippen LogP contribution in [-0.4, -0.2) is 43.4 Å². The Morgan fingerprint density at radius 1 is 1.38 bits per heavy atom. The number of rotatable bonds is 7. The fourth-order valence-electron chi connectivity index (χ4n) is 2.55. The predicted octanol–water partition coefficient (Wildman–Crippen LogP) is 2.41. The van der Waals surface area contributed by atoms with Gasteiger partial charge < -0.3 is 20.7 Å². The van der Waals surface area contributed by atoms with Crippen LogP contribution < -0.4 is 16.0 Å². The molecule has 0 aliphatic carbocycles. The zero-order valence-corrected chi connectivity index (χ0v) is 14.1. The van der Waals surface area contributed by atoms with Gasteiger partial charge in [0.15, 0.2) is 0 Å². The summed E-state index contributed by atoms with van der Waals surface area (Å²) < 4.78 is 5.27. The summed E-state index contributed by atoms with van der Waals surface area (Å²) in [7, 11) is 0. The quantitative estimate of drug-likeness (QED) is 0.675. The van der Waals surface area contributed by atoms with Gasteiger partial charge in [-0.15, -0.1) is 0 Å². The van der Waals surface area contributed by atoms with Crippen LogP contribution in [-0.2, 0) is 4.74 Å². The Morgan fingerprint density at radius 3 is 2.71 bits per heavy atom. The van der Waals surface area contributed by atoms with Crippen molar-refractivity contribution < 1.29 is 9.53 Å². The lowest BCUT2D eigenvalue weighted by Crippen LogP contribution is -2.48. The molecule has 1 amide bonds. The molecule has 1 fully saturated rings. The van der Waals surface area contributed by atoms with Crippen LogP contribution in [0.15, 0.2) is 0 Å². The first-order valence-electron chi connectivity index (χ1n) is 8.34. The minimum atomic E-state index is -0.441. The highest BCUT2D eigenvalue weighted by molar-refractivity contribution is 5.67. The van der Waals surface area contributed by atoms with Crippen LogP contribution in [0.1, 0.15) is 59.8 Å². The van der Waals surface area contributed by atoms with Crippen molar-refractivity contribution in [2.24, 2.45) is 0 Å². The second-order valence-corrected chi connectivity index (χ2v) is 6.92. The normalized spacial score (nSPS) is 20.9. The molecule has 0 aromatic carbocycles. The SMILES string of the molecule is CCCC(CNC(=O)OC(C)(C)C)NCC1CCCCN1. The van der Waals surface area contributed by atoms with Gasteiger partial charge >= 0.3 is 6.09 Å². The first-order valence-corrected chi connectivity index (χ1v) is 8.34. The van der Waals surface area contributed by atoms with Crippen LogP contribution in [0.4, 0.5) is 4.79 Å². The van der Waals surface area contributed by atoms with Gasteiger partial charge in [0, 0.05) is 25.2 Å². The monoisotopic (exact) mass is 299 g/mol. The Balaban J connectivity index is 2.26. The van der Waals surface area contributed by atoms with E-state index in [1.807, 2.05) is 20.8 Å². The highest BCUT2D eigenvalue weighted by Gasteiger charge is 2.18. The summed E-state index contributed by atoms with van der Waals surface area (Å²) in [5, 5.41) is 9.98. The maximum absolute atomic E-state index is 11.7. The van der Waals surface area contributed by atoms with Crippen molar-refractivity contribution in [2.75, 3.05) is 19.6 Å². The summed E-state index contributed by atoms with van der Waals surface area (Å²) >= 11 is 0. The van der Waals surface area contributed by atoms with Crippen LogP contribution in [0.5, 0.6) is 0 Å². The van der Waals surface area contributed by atoms with Crippen molar-refractivity contribution in [3.8, 4) is 0 Å². The number of hydrogen-bond donors (Lipinski definition) is 3. The number of piperidine rings is 1. The van der Waals surface area contributed by atoms with Gasteiger partial charge in [-0.1, -0.05) is 19.8 Å². The minimum absolute atomic E-state index is 0.311. The van der Waals surface area contributed by atoms with Crippen LogP contribution >= 0.6 is 0 Å². The first kappa shape index (κ1) is 18.2. The largest absolute Gasteiger partial charge is 0.444 e. The number of ether oxygens (including phenoxy) is 1. The zero-order chi connectivity index (χ0) is 15.7. The molecule has 0 saturated carbocycles. The molecule has 0 bridgehead atoms. The van der Waals surface area contributed by atoms with Gasteiger partial charge in [-0.3, -0.25) is 0 Å². The molecular weight excluding hydrogens is 266 g/mol. The lowest BCUT2D eigenvalue weighted by molar-refractivity contribution is 0.0521. The number of amides is 1. The van der Waals surface area contributed by atoms with Crippen molar-refractivity contribution >= 4 is 6.09 Å². The lowest BCUT2D eigenvalue weighted by Gasteiger charge is -2.27. The van der Waals surface area contributed by atoms with Gasteiger partial charge in [-0.05, 0) is 46.6 Å². The van der Waals surface area contributed by atoms with Gasteiger partial charge in [0.25, 0.3) is 0 Å². The molecular formula is C16H33N3O2. The molecule has 2 unspecified atom stereocenters. The third-order valence-electron chi connectivity index (χ3n) is 3.59. The Hall–Kier alpha value is -0.810. The summed E-state index contributed by atoms with van der Waals surface area (Å²) in [5.74, 6) is 0. The van der Waals surface area contributed by atoms with Crippen LogP contribution in [0.2, 0.25) is 0 Å². The van der Waals surface area contributed by atoms with Crippen molar-refractivity contribution in [2.45, 2.75) is 77.5 Å². The lowest BCUT2D eigenvalue weighted by atomic mass is 10.0. The van der Waals surface area contributed by atoms with E-state index in [9.17, 15) is 4.79 Å². The van der Waals surface area contributed by atoms with Crippen molar-refractivity contribution in [3.05, 3.63) is 0 Å². The Bertz CT molecular complexity index is 296. The van der Waals surface area contributed by atoms with Crippen molar-refractivity contribution in [1.29, 1.82) is 0 Å². The topological polar surface area (TPSA) is 62.4 Å². The van der Waals surface area contributed by atoms with E-state index < -0.39 is 5.60 Å². The molecule has 0 spiro atoms. The molecule has 3 N–H and O–H groups in total. The molecule has 0 aromatic rings. The van der Waals surface area contributed by atoms with Crippen LogP contribution in [0.25, 0.3) is 0 Å². The summed E-state index contributed by atoms with van der Waals surface area (Å²) in [5.41, 5.74) is -0.441. The van der Waals surface area contributed by atoms with E-state index in [1.165, 1.54) is 19.3 Å². The number of alkyl carbamates (subject to hydrolysis) is 1. The molecule has 5 nitrogen and oxygen atoms in total. The van der Waals surface area contributed by atoms with Gasteiger partial charge in [0.05, 0.1) is 0 Å². The fourth-order valence-corrected chi connectivity index (χ4v) is 2.55. The maximum Gasteiger partial charge on any atom is 0.407 e. The number of carbonyl (C=O) groups is 1. The first-order chi connectivity index (χ1) is 9.90. The molecule has 21 heavy (non-hydrogen) atoms. The molecule has 0 radical (unpaired) electrons. The summed E-state index contributed by atoms with van der Waals surface area (Å²) in [6.07, 6.45) is 5.67. The predicted molar refractivity (Wildman–Crippen MR) is 86.6 cm³/mol. The smallest absolute Gasteiger partial charge is 0.407 e. The van der Waals surface area contributed by atoms with E-state index in [4.69, 9.17) is 4.74 Å². The minimum Gasteiger partial charge on any atom is -0.444 e. The molecule has 0 aromatic heterocycles. The second-order valence-electron chi connectivity index (χ2n) is 6.92. The summed E-state index contributed by atoms with van der Waals surface area (Å²) in [6, 6.07) is 0.880. The van der Waals surface area contributed by atoms with Gasteiger partial charge in [0.2, 0.25) is 0 Å². The average molecular weight is 299 g/mol. The number of carbonyl (C=O) groups excluding carboxylic acids is 1. The number of nitrogens with one attached hydrogen (secondary N) is 3. The van der Waals surface area contributed by atoms with Gasteiger partial charge in [0.1, 0.15) is 5.60 Å². The van der Waals surface area contributed by atoms with Gasteiger partial charge in [-0.2, -0.15) is 0 Å². The van der Waals surface area contributed by atoms with Crippen LogP contribution in [0.3, 0.4) is 0 Å². The highest BCUT2D eigenvalue weighted by Crippen LogP contribution is 2.08. The standard InChI is InChI=1S/C16H33N3O2/c1-5-8-13(12-19-15(20)21-16(2,3)4)18-11-14-9-6-7-10-17-14/h13-14,17-18H,5-12H2,1-4H3,(H,19,20). The van der Waals surface area contributed by atoms with Crippen molar-refractivity contribution in [3.63, 3.8) is 0 Å². The van der Waals surface area contributed by atoms with E-state index in [1.54, 1.807) is 0 Å². The molecule has 124 valence electrons. The van der Waals surface area contributed by atoms with Crippen molar-refractivity contribution in [1.82, 2.24) is 16.0 Å². The fraction of sp³-hybridized carbons (Fsp3) is 0.938. The van der Waals surface area contributed by atoms with E-state index in [-0.39, 0.29) is 6.09 Å². The maximum atomic E-state index is 11.7. The molecule has 1 heterocycles. The molecule has 5 heteroatoms. The molecule has 1 aliphatic rings. The third kappa shape index (κ3) is 8.94.